The van der Waals surface area contributed by atoms with E-state index in [1.807, 2.05) is 18.5 Å². The molecule has 5 nitrogen and oxygen atoms in total. The minimum atomic E-state index is 0.307. The molecule has 0 fully saturated rings. The molecular weight excluding hydrogens is 338 g/mol. The summed E-state index contributed by atoms with van der Waals surface area (Å²) < 4.78 is 13.3. The molecule has 0 saturated carbocycles. The molecule has 27 heavy (non-hydrogen) atoms. The molecule has 0 amide bonds. The lowest BCUT2D eigenvalue weighted by atomic mass is 10.1. The predicted molar refractivity (Wildman–Crippen MR) is 105 cm³/mol. The van der Waals surface area contributed by atoms with Crippen molar-refractivity contribution in [1.82, 2.24) is 14.5 Å². The monoisotopic (exact) mass is 363 g/mol. The smallest absolute Gasteiger partial charge is 0.231 e. The molecule has 1 aromatic carbocycles. The second kappa shape index (κ2) is 7.84. The molecule has 0 spiro atoms. The van der Waals surface area contributed by atoms with Crippen molar-refractivity contribution in [3.8, 4) is 11.5 Å². The number of ether oxygens (including phenoxy) is 2. The quantitative estimate of drug-likeness (QED) is 0.624. The molecule has 0 saturated heterocycles. The lowest BCUT2D eigenvalue weighted by molar-refractivity contribution is 0.174. The zero-order chi connectivity index (χ0) is 18.6. The summed E-state index contributed by atoms with van der Waals surface area (Å²) in [6, 6.07) is 15.1. The maximum Gasteiger partial charge on any atom is 0.231 e. The number of pyridine rings is 1. The van der Waals surface area contributed by atoms with Crippen LogP contribution in [-0.2, 0) is 19.6 Å². The van der Waals surface area contributed by atoms with Gasteiger partial charge in [-0.1, -0.05) is 6.07 Å². The van der Waals surface area contributed by atoms with E-state index in [-0.39, 0.29) is 0 Å². The predicted octanol–water partition coefficient (Wildman–Crippen LogP) is 4.40. The highest BCUT2D eigenvalue weighted by molar-refractivity contribution is 5.44. The van der Waals surface area contributed by atoms with Gasteiger partial charge < -0.3 is 14.0 Å². The van der Waals surface area contributed by atoms with Gasteiger partial charge in [-0.3, -0.25) is 9.88 Å². The van der Waals surface area contributed by atoms with Crippen LogP contribution in [0.2, 0.25) is 0 Å². The van der Waals surface area contributed by atoms with Gasteiger partial charge in [-0.15, -0.1) is 0 Å². The van der Waals surface area contributed by atoms with Gasteiger partial charge in [0, 0.05) is 50.0 Å². The highest BCUT2D eigenvalue weighted by Crippen LogP contribution is 2.33. The van der Waals surface area contributed by atoms with Crippen molar-refractivity contribution in [2.45, 2.75) is 39.5 Å². The third kappa shape index (κ3) is 4.14. The van der Waals surface area contributed by atoms with E-state index in [0.717, 1.165) is 31.1 Å². The highest BCUT2D eigenvalue weighted by atomic mass is 16.7. The van der Waals surface area contributed by atoms with E-state index in [1.54, 1.807) is 0 Å². The highest BCUT2D eigenvalue weighted by Gasteiger charge is 2.16. The van der Waals surface area contributed by atoms with Crippen LogP contribution in [0.5, 0.6) is 11.5 Å². The molecule has 4 rings (SSSR count). The molecule has 140 valence electrons. The van der Waals surface area contributed by atoms with Crippen molar-refractivity contribution in [3.05, 3.63) is 77.9 Å². The van der Waals surface area contributed by atoms with Crippen molar-refractivity contribution in [2.24, 2.45) is 0 Å². The first-order valence-electron chi connectivity index (χ1n) is 9.34. The lowest BCUT2D eigenvalue weighted by Crippen LogP contribution is -2.24. The molecular formula is C22H25N3O2. The summed E-state index contributed by atoms with van der Waals surface area (Å²) in [5.74, 6) is 1.66. The maximum atomic E-state index is 5.54. The zero-order valence-electron chi connectivity index (χ0n) is 15.8. The first-order chi connectivity index (χ1) is 13.2. The van der Waals surface area contributed by atoms with Crippen molar-refractivity contribution >= 4 is 0 Å². The fraction of sp³-hybridized carbons (Fsp3) is 0.318. The summed E-state index contributed by atoms with van der Waals surface area (Å²) in [6.07, 6.45) is 5.86. The number of aromatic nitrogens is 2. The number of hydrogen-bond acceptors (Lipinski definition) is 4. The average molecular weight is 363 g/mol. The van der Waals surface area contributed by atoms with Gasteiger partial charge in [0.2, 0.25) is 6.79 Å². The van der Waals surface area contributed by atoms with Crippen molar-refractivity contribution in [2.75, 3.05) is 6.79 Å². The molecule has 3 aromatic rings. The first kappa shape index (κ1) is 17.6. The van der Waals surface area contributed by atoms with E-state index in [4.69, 9.17) is 9.47 Å². The van der Waals surface area contributed by atoms with E-state index in [0.29, 0.717) is 12.8 Å². The van der Waals surface area contributed by atoms with Gasteiger partial charge in [0.15, 0.2) is 11.5 Å². The molecule has 1 aliphatic heterocycles. The molecule has 0 atom stereocenters. The van der Waals surface area contributed by atoms with Gasteiger partial charge in [-0.25, -0.2) is 0 Å². The van der Waals surface area contributed by atoms with Crippen LogP contribution in [0.15, 0.2) is 61.1 Å². The Labute approximate surface area is 160 Å². The normalized spacial score (nSPS) is 12.9. The minimum absolute atomic E-state index is 0.307. The average Bonchev–Trinajstić information content (AvgIpc) is 3.31. The Morgan fingerprint density at radius 3 is 2.56 bits per heavy atom. The van der Waals surface area contributed by atoms with Crippen LogP contribution in [-0.4, -0.2) is 21.2 Å². The summed E-state index contributed by atoms with van der Waals surface area (Å²) in [4.78, 5) is 6.58. The maximum absolute atomic E-state index is 5.54. The second-order valence-corrected chi connectivity index (χ2v) is 7.19. The minimum Gasteiger partial charge on any atom is -0.454 e. The Balaban J connectivity index is 1.56. The SMILES string of the molecule is CC(C)n1cccc1CN(Cc1ccncc1)Cc1ccc2c(c1)OCO2. The Bertz CT molecular complexity index is 890. The molecule has 0 bridgehead atoms. The Morgan fingerprint density at radius 1 is 0.963 bits per heavy atom. The third-order valence-electron chi connectivity index (χ3n) is 4.81. The number of hydrogen-bond donors (Lipinski definition) is 0. The summed E-state index contributed by atoms with van der Waals surface area (Å²) in [5, 5.41) is 0. The number of rotatable bonds is 7. The molecule has 2 aromatic heterocycles. The third-order valence-corrected chi connectivity index (χ3v) is 4.81. The number of fused-ring (bicyclic) bond motifs is 1. The van der Waals surface area contributed by atoms with Crippen molar-refractivity contribution in [1.29, 1.82) is 0 Å². The van der Waals surface area contributed by atoms with E-state index >= 15 is 0 Å². The molecule has 5 heteroatoms. The van der Waals surface area contributed by atoms with E-state index in [1.165, 1.54) is 16.8 Å². The van der Waals surface area contributed by atoms with Gasteiger partial charge in [0.1, 0.15) is 0 Å². The van der Waals surface area contributed by atoms with Crippen LogP contribution >= 0.6 is 0 Å². The van der Waals surface area contributed by atoms with Crippen LogP contribution in [0.3, 0.4) is 0 Å². The van der Waals surface area contributed by atoms with Gasteiger partial charge in [-0.2, -0.15) is 0 Å². The molecule has 0 aliphatic carbocycles. The van der Waals surface area contributed by atoms with Crippen molar-refractivity contribution in [3.63, 3.8) is 0 Å². The van der Waals surface area contributed by atoms with Crippen LogP contribution in [0, 0.1) is 0 Å². The largest absolute Gasteiger partial charge is 0.454 e. The van der Waals surface area contributed by atoms with Crippen LogP contribution < -0.4 is 9.47 Å². The van der Waals surface area contributed by atoms with Gasteiger partial charge >= 0.3 is 0 Å². The number of nitrogens with zero attached hydrogens (tertiary/aromatic N) is 3. The summed E-state index contributed by atoms with van der Waals surface area (Å²) in [7, 11) is 0. The Morgan fingerprint density at radius 2 is 1.74 bits per heavy atom. The zero-order valence-corrected chi connectivity index (χ0v) is 15.8. The Kier molecular flexibility index (Phi) is 5.12. The fourth-order valence-corrected chi connectivity index (χ4v) is 3.51. The summed E-state index contributed by atoms with van der Waals surface area (Å²) in [5.41, 5.74) is 3.80. The molecule has 0 radical (unpaired) electrons. The van der Waals surface area contributed by atoms with Gasteiger partial charge in [0.25, 0.3) is 0 Å². The standard InChI is InChI=1S/C22H25N3O2/c1-17(2)25-11-3-4-20(25)15-24(13-18-7-9-23-10-8-18)14-19-5-6-21-22(12-19)27-16-26-21/h3-12,17H,13-16H2,1-2H3. The van der Waals surface area contributed by atoms with Crippen LogP contribution in [0.1, 0.15) is 36.7 Å². The van der Waals surface area contributed by atoms with Gasteiger partial charge in [-0.05, 0) is 61.4 Å². The first-order valence-corrected chi connectivity index (χ1v) is 9.34. The lowest BCUT2D eigenvalue weighted by Gasteiger charge is -2.24. The Hall–Kier alpha value is -2.79. The van der Waals surface area contributed by atoms with Gasteiger partial charge in [0.05, 0.1) is 0 Å². The summed E-state index contributed by atoms with van der Waals surface area (Å²) >= 11 is 0. The van der Waals surface area contributed by atoms with Crippen molar-refractivity contribution < 1.29 is 9.47 Å². The molecule has 0 N–H and O–H groups in total. The fourth-order valence-electron chi connectivity index (χ4n) is 3.51. The number of benzene rings is 1. The van der Waals surface area contributed by atoms with E-state index in [2.05, 4.69) is 70.9 Å². The molecule has 1 aliphatic rings. The topological polar surface area (TPSA) is 39.5 Å². The van der Waals surface area contributed by atoms with Crippen LogP contribution in [0.25, 0.3) is 0 Å². The second-order valence-electron chi connectivity index (χ2n) is 7.19. The van der Waals surface area contributed by atoms with Crippen LogP contribution in [0.4, 0.5) is 0 Å². The molecule has 3 heterocycles. The molecule has 0 unspecified atom stereocenters. The summed E-state index contributed by atoms with van der Waals surface area (Å²) in [6.45, 7) is 7.31. The van der Waals surface area contributed by atoms with E-state index in [9.17, 15) is 0 Å². The van der Waals surface area contributed by atoms with E-state index < -0.39 is 0 Å².